The lowest BCUT2D eigenvalue weighted by Gasteiger charge is -2.21. The van der Waals surface area contributed by atoms with Crippen molar-refractivity contribution in [3.05, 3.63) is 33.8 Å². The van der Waals surface area contributed by atoms with Crippen LogP contribution in [0.4, 0.5) is 0 Å². The normalized spacial score (nSPS) is 23.5. The third-order valence-electron chi connectivity index (χ3n) is 2.82. The predicted octanol–water partition coefficient (Wildman–Crippen LogP) is 3.15. The lowest BCUT2D eigenvalue weighted by atomic mass is 9.97. The quantitative estimate of drug-likeness (QED) is 0.823. The molecular formula is C12H12BrNO. The molecule has 0 aromatic heterocycles. The Hall–Kier alpha value is -0.850. The summed E-state index contributed by atoms with van der Waals surface area (Å²) < 4.78 is 6.69. The highest BCUT2D eigenvalue weighted by Gasteiger charge is 2.39. The summed E-state index contributed by atoms with van der Waals surface area (Å²) in [5, 5.41) is 9.28. The Morgan fingerprint density at radius 3 is 3.07 bits per heavy atom. The first-order chi connectivity index (χ1) is 7.22. The van der Waals surface area contributed by atoms with Gasteiger partial charge in [-0.15, -0.1) is 0 Å². The van der Waals surface area contributed by atoms with Gasteiger partial charge in [0, 0.05) is 16.6 Å². The predicted molar refractivity (Wildman–Crippen MR) is 61.4 cm³/mol. The molecule has 1 aliphatic rings. The molecule has 1 atom stereocenters. The Morgan fingerprint density at radius 2 is 2.40 bits per heavy atom. The average molecular weight is 266 g/mol. The number of benzene rings is 1. The third-order valence-corrected chi connectivity index (χ3v) is 3.31. The molecule has 0 aliphatic heterocycles. The fraction of sp³-hybridized carbons (Fsp3) is 0.417. The fourth-order valence-corrected chi connectivity index (χ4v) is 2.56. The van der Waals surface area contributed by atoms with Gasteiger partial charge in [0.05, 0.1) is 0 Å². The van der Waals surface area contributed by atoms with E-state index >= 15 is 0 Å². The number of nitriles is 1. The summed E-state index contributed by atoms with van der Waals surface area (Å²) >= 11 is 3.44. The van der Waals surface area contributed by atoms with Gasteiger partial charge in [0.2, 0.25) is 0 Å². The van der Waals surface area contributed by atoms with Gasteiger partial charge in [0.15, 0.2) is 5.60 Å². The molecule has 1 aromatic carbocycles. The lowest BCUT2D eigenvalue weighted by Crippen LogP contribution is -2.24. The summed E-state index contributed by atoms with van der Waals surface area (Å²) in [5.41, 5.74) is 1.56. The van der Waals surface area contributed by atoms with Gasteiger partial charge in [-0.1, -0.05) is 22.0 Å². The lowest BCUT2D eigenvalue weighted by molar-refractivity contribution is 0.00331. The Labute approximate surface area is 98.0 Å². The summed E-state index contributed by atoms with van der Waals surface area (Å²) in [6, 6.07) is 8.35. The van der Waals surface area contributed by atoms with Crippen molar-refractivity contribution in [2.24, 2.45) is 0 Å². The minimum absolute atomic E-state index is 0.572. The van der Waals surface area contributed by atoms with Gasteiger partial charge in [-0.3, -0.25) is 0 Å². The van der Waals surface area contributed by atoms with Gasteiger partial charge in [0.1, 0.15) is 6.07 Å². The van der Waals surface area contributed by atoms with E-state index in [1.807, 2.05) is 19.1 Å². The Bertz CT molecular complexity index is 424. The van der Waals surface area contributed by atoms with Crippen LogP contribution in [0.5, 0.6) is 0 Å². The second-order valence-electron chi connectivity index (χ2n) is 3.67. The van der Waals surface area contributed by atoms with Gasteiger partial charge < -0.3 is 4.74 Å². The van der Waals surface area contributed by atoms with E-state index in [2.05, 4.69) is 28.1 Å². The molecule has 0 saturated carbocycles. The molecule has 0 saturated heterocycles. The maximum Gasteiger partial charge on any atom is 0.180 e. The smallest absolute Gasteiger partial charge is 0.180 e. The molecule has 0 N–H and O–H groups in total. The van der Waals surface area contributed by atoms with Gasteiger partial charge in [0.25, 0.3) is 0 Å². The van der Waals surface area contributed by atoms with Crippen LogP contribution in [-0.4, -0.2) is 6.61 Å². The zero-order valence-corrected chi connectivity index (χ0v) is 10.2. The van der Waals surface area contributed by atoms with E-state index in [4.69, 9.17) is 4.74 Å². The van der Waals surface area contributed by atoms with E-state index in [0.717, 1.165) is 22.9 Å². The number of ether oxygens (including phenoxy) is 1. The second kappa shape index (κ2) is 3.96. The van der Waals surface area contributed by atoms with Crippen LogP contribution in [0, 0.1) is 11.3 Å². The first kappa shape index (κ1) is 10.7. The van der Waals surface area contributed by atoms with Crippen molar-refractivity contribution in [3.8, 4) is 6.07 Å². The third kappa shape index (κ3) is 1.68. The SMILES string of the molecule is CCOC1(C#N)CCc2cc(Br)ccc21. The van der Waals surface area contributed by atoms with E-state index < -0.39 is 5.60 Å². The van der Waals surface area contributed by atoms with Crippen molar-refractivity contribution in [2.75, 3.05) is 6.61 Å². The van der Waals surface area contributed by atoms with E-state index in [1.54, 1.807) is 0 Å². The minimum atomic E-state index is -0.704. The Balaban J connectivity index is 2.47. The summed E-state index contributed by atoms with van der Waals surface area (Å²) in [5.74, 6) is 0. The first-order valence-electron chi connectivity index (χ1n) is 5.06. The highest BCUT2D eigenvalue weighted by atomic mass is 79.9. The average Bonchev–Trinajstić information content (AvgIpc) is 2.58. The van der Waals surface area contributed by atoms with Crippen LogP contribution in [0.1, 0.15) is 24.5 Å². The first-order valence-corrected chi connectivity index (χ1v) is 5.85. The molecule has 1 aromatic rings. The van der Waals surface area contributed by atoms with Crippen molar-refractivity contribution in [2.45, 2.75) is 25.4 Å². The van der Waals surface area contributed by atoms with Crippen molar-refractivity contribution in [1.29, 1.82) is 5.26 Å². The molecule has 3 heteroatoms. The van der Waals surface area contributed by atoms with E-state index in [0.29, 0.717) is 6.61 Å². The molecule has 1 aliphatic carbocycles. The summed E-state index contributed by atoms with van der Waals surface area (Å²) in [6.45, 7) is 2.50. The number of hydrogen-bond acceptors (Lipinski definition) is 2. The maximum atomic E-state index is 9.28. The van der Waals surface area contributed by atoms with E-state index in [-0.39, 0.29) is 0 Å². The summed E-state index contributed by atoms with van der Waals surface area (Å²) in [6.07, 6.45) is 1.69. The molecule has 0 radical (unpaired) electrons. The number of hydrogen-bond donors (Lipinski definition) is 0. The number of aryl methyl sites for hydroxylation is 1. The molecule has 78 valence electrons. The molecule has 2 rings (SSSR count). The molecule has 0 fully saturated rings. The maximum absolute atomic E-state index is 9.28. The summed E-state index contributed by atoms with van der Waals surface area (Å²) in [4.78, 5) is 0. The Kier molecular flexibility index (Phi) is 2.81. The van der Waals surface area contributed by atoms with Crippen LogP contribution in [0.15, 0.2) is 22.7 Å². The number of nitrogens with zero attached hydrogens (tertiary/aromatic N) is 1. The van der Waals surface area contributed by atoms with Crippen LogP contribution in [0.25, 0.3) is 0 Å². The van der Waals surface area contributed by atoms with Crippen molar-refractivity contribution in [3.63, 3.8) is 0 Å². The molecular weight excluding hydrogens is 254 g/mol. The zero-order valence-electron chi connectivity index (χ0n) is 8.59. The number of fused-ring (bicyclic) bond motifs is 1. The molecule has 0 amide bonds. The molecule has 0 heterocycles. The van der Waals surface area contributed by atoms with E-state index in [1.165, 1.54) is 5.56 Å². The van der Waals surface area contributed by atoms with Gasteiger partial charge in [-0.25, -0.2) is 0 Å². The number of halogens is 1. The van der Waals surface area contributed by atoms with Gasteiger partial charge >= 0.3 is 0 Å². The van der Waals surface area contributed by atoms with Gasteiger partial charge in [-0.05, 0) is 37.5 Å². The standard InChI is InChI=1S/C12H12BrNO/c1-2-15-12(8-14)6-5-9-7-10(13)3-4-11(9)12/h3-4,7H,2,5-6H2,1H3. The Morgan fingerprint density at radius 1 is 1.60 bits per heavy atom. The van der Waals surface area contributed by atoms with E-state index in [9.17, 15) is 5.26 Å². The number of rotatable bonds is 2. The van der Waals surface area contributed by atoms with Gasteiger partial charge in [-0.2, -0.15) is 5.26 Å². The highest BCUT2D eigenvalue weighted by molar-refractivity contribution is 9.10. The van der Waals surface area contributed by atoms with Crippen LogP contribution >= 0.6 is 15.9 Å². The van der Waals surface area contributed by atoms with Crippen LogP contribution in [0.2, 0.25) is 0 Å². The second-order valence-corrected chi connectivity index (χ2v) is 4.59. The van der Waals surface area contributed by atoms with Crippen LogP contribution in [0.3, 0.4) is 0 Å². The monoisotopic (exact) mass is 265 g/mol. The molecule has 0 spiro atoms. The minimum Gasteiger partial charge on any atom is -0.356 e. The zero-order chi connectivity index (χ0) is 10.9. The van der Waals surface area contributed by atoms with Crippen molar-refractivity contribution in [1.82, 2.24) is 0 Å². The van der Waals surface area contributed by atoms with Crippen molar-refractivity contribution >= 4 is 15.9 Å². The molecule has 2 nitrogen and oxygen atoms in total. The molecule has 15 heavy (non-hydrogen) atoms. The largest absolute Gasteiger partial charge is 0.356 e. The molecule has 1 unspecified atom stereocenters. The van der Waals surface area contributed by atoms with Crippen LogP contribution in [-0.2, 0) is 16.8 Å². The highest BCUT2D eigenvalue weighted by Crippen LogP contribution is 2.40. The van der Waals surface area contributed by atoms with Crippen molar-refractivity contribution < 1.29 is 4.74 Å². The topological polar surface area (TPSA) is 33.0 Å². The van der Waals surface area contributed by atoms with Crippen LogP contribution < -0.4 is 0 Å². The molecule has 0 bridgehead atoms. The fourth-order valence-electron chi connectivity index (χ4n) is 2.15. The summed E-state index contributed by atoms with van der Waals surface area (Å²) in [7, 11) is 0.